The number of nitrogens with zero attached hydrogens (tertiary/aromatic N) is 3. The van der Waals surface area contributed by atoms with Crippen LogP contribution in [0.1, 0.15) is 16.8 Å². The lowest BCUT2D eigenvalue weighted by Crippen LogP contribution is -2.11. The van der Waals surface area contributed by atoms with E-state index in [0.717, 1.165) is 39.1 Å². The highest BCUT2D eigenvalue weighted by molar-refractivity contribution is 7.13. The van der Waals surface area contributed by atoms with Gasteiger partial charge in [-0.05, 0) is 43.2 Å². The molecule has 0 aliphatic rings. The zero-order chi connectivity index (χ0) is 21.0. The molecule has 0 saturated carbocycles. The van der Waals surface area contributed by atoms with Crippen LogP contribution in [0.15, 0.2) is 46.7 Å². The fourth-order valence-corrected chi connectivity index (χ4v) is 4.57. The first-order valence-electron chi connectivity index (χ1n) is 9.30. The summed E-state index contributed by atoms with van der Waals surface area (Å²) in [6.07, 6.45) is 0. The lowest BCUT2D eigenvalue weighted by Gasteiger charge is -2.12. The van der Waals surface area contributed by atoms with Crippen LogP contribution >= 0.6 is 11.3 Å². The molecule has 0 amide bonds. The second-order valence-corrected chi connectivity index (χ2v) is 8.03. The van der Waals surface area contributed by atoms with E-state index in [1.165, 1.54) is 23.5 Å². The van der Waals surface area contributed by atoms with E-state index >= 15 is 0 Å². The molecule has 5 rings (SSSR count). The minimum absolute atomic E-state index is 0.131. The lowest BCUT2D eigenvalue weighted by molar-refractivity contribution is 0.515. The number of aromatic nitrogens is 4. The Morgan fingerprint density at radius 3 is 2.77 bits per heavy atom. The van der Waals surface area contributed by atoms with Gasteiger partial charge in [-0.3, -0.25) is 4.79 Å². The van der Waals surface area contributed by atoms with Gasteiger partial charge in [-0.2, -0.15) is 0 Å². The molecule has 5 nitrogen and oxygen atoms in total. The van der Waals surface area contributed by atoms with Crippen molar-refractivity contribution in [3.05, 3.63) is 80.7 Å². The molecule has 3 aromatic heterocycles. The highest BCUT2D eigenvalue weighted by atomic mass is 32.1. The van der Waals surface area contributed by atoms with Gasteiger partial charge in [0, 0.05) is 11.5 Å². The third-order valence-electron chi connectivity index (χ3n) is 5.25. The van der Waals surface area contributed by atoms with Crippen LogP contribution in [0.4, 0.5) is 8.78 Å². The van der Waals surface area contributed by atoms with Crippen molar-refractivity contribution >= 4 is 33.3 Å². The second-order valence-electron chi connectivity index (χ2n) is 7.17. The van der Waals surface area contributed by atoms with Crippen molar-refractivity contribution < 1.29 is 8.78 Å². The minimum Gasteiger partial charge on any atom is -0.319 e. The molecule has 0 radical (unpaired) electrons. The summed E-state index contributed by atoms with van der Waals surface area (Å²) in [5.41, 5.74) is 5.36. The molecule has 0 bridgehead atoms. The second kappa shape index (κ2) is 6.84. The number of aryl methyl sites for hydroxylation is 2. The van der Waals surface area contributed by atoms with Crippen LogP contribution in [0, 0.1) is 25.5 Å². The van der Waals surface area contributed by atoms with Crippen molar-refractivity contribution in [3.8, 4) is 10.7 Å². The Hall–Kier alpha value is -3.39. The van der Waals surface area contributed by atoms with Gasteiger partial charge in [0.1, 0.15) is 0 Å². The Balaban J connectivity index is 1.79. The van der Waals surface area contributed by atoms with E-state index in [0.29, 0.717) is 10.9 Å². The summed E-state index contributed by atoms with van der Waals surface area (Å²) in [6.45, 7) is 4.19. The number of pyridine rings is 1. The molecule has 2 aromatic carbocycles. The van der Waals surface area contributed by atoms with Gasteiger partial charge in [0.2, 0.25) is 5.56 Å². The van der Waals surface area contributed by atoms with Crippen LogP contribution in [0.25, 0.3) is 32.6 Å². The van der Waals surface area contributed by atoms with E-state index in [-0.39, 0.29) is 12.1 Å². The van der Waals surface area contributed by atoms with Crippen molar-refractivity contribution in [2.24, 2.45) is 0 Å². The number of aromatic amines is 1. The normalized spacial score (nSPS) is 11.6. The Labute approximate surface area is 173 Å². The Bertz CT molecular complexity index is 1500. The van der Waals surface area contributed by atoms with Crippen molar-refractivity contribution in [2.45, 2.75) is 20.4 Å². The quantitative estimate of drug-likeness (QED) is 0.448. The maximum Gasteiger partial charge on any atom is 0.248 e. The number of thiazole rings is 1. The van der Waals surface area contributed by atoms with E-state index in [1.54, 1.807) is 5.51 Å². The molecular weight excluding hydrogens is 406 g/mol. The Kier molecular flexibility index (Phi) is 4.25. The van der Waals surface area contributed by atoms with Gasteiger partial charge in [-0.15, -0.1) is 11.3 Å². The summed E-state index contributed by atoms with van der Waals surface area (Å²) in [5, 5.41) is 0.454. The van der Waals surface area contributed by atoms with Gasteiger partial charge in [-0.25, -0.2) is 18.7 Å². The van der Waals surface area contributed by atoms with Crippen molar-refractivity contribution in [3.63, 3.8) is 0 Å². The molecule has 0 saturated heterocycles. The van der Waals surface area contributed by atoms with E-state index in [9.17, 15) is 13.6 Å². The number of benzene rings is 2. The molecule has 0 atom stereocenters. The SMILES string of the molecule is Cc1ncsc1-c1nc2c(C)cccc2n1Cc1cc(=O)[nH]c2c(F)c(F)ccc12. The van der Waals surface area contributed by atoms with Crippen LogP contribution in [0.5, 0.6) is 0 Å². The number of para-hydroxylation sites is 1. The molecular formula is C22H16F2N4OS. The minimum atomic E-state index is -1.06. The summed E-state index contributed by atoms with van der Waals surface area (Å²) in [7, 11) is 0. The standard InChI is InChI=1S/C22H16F2N4OS/c1-11-4-3-5-16-19(11)27-22(21-12(2)25-10-30-21)28(16)9-13-8-17(29)26-20-14(13)6-7-15(23)18(20)24/h3-8,10H,9H2,1-2H3,(H,26,29). The van der Waals surface area contributed by atoms with Gasteiger partial charge in [0.05, 0.1) is 39.2 Å². The number of hydrogen-bond donors (Lipinski definition) is 1. The Morgan fingerprint density at radius 1 is 1.17 bits per heavy atom. The van der Waals surface area contributed by atoms with E-state index < -0.39 is 17.2 Å². The van der Waals surface area contributed by atoms with Gasteiger partial charge < -0.3 is 9.55 Å². The van der Waals surface area contributed by atoms with Gasteiger partial charge in [-0.1, -0.05) is 12.1 Å². The topological polar surface area (TPSA) is 63.6 Å². The summed E-state index contributed by atoms with van der Waals surface area (Å²) in [6, 6.07) is 9.88. The molecule has 8 heteroatoms. The van der Waals surface area contributed by atoms with Crippen LogP contribution in [-0.4, -0.2) is 19.5 Å². The predicted octanol–water partition coefficient (Wildman–Crippen LogP) is 4.94. The molecule has 3 heterocycles. The number of nitrogens with one attached hydrogen (secondary N) is 1. The van der Waals surface area contributed by atoms with Crippen LogP contribution in [-0.2, 0) is 6.54 Å². The molecule has 1 N–H and O–H groups in total. The van der Waals surface area contributed by atoms with Gasteiger partial charge >= 0.3 is 0 Å². The number of H-pyrrole nitrogens is 1. The Morgan fingerprint density at radius 2 is 2.00 bits per heavy atom. The van der Waals surface area contributed by atoms with Crippen LogP contribution in [0.2, 0.25) is 0 Å². The van der Waals surface area contributed by atoms with Gasteiger partial charge in [0.25, 0.3) is 0 Å². The first-order chi connectivity index (χ1) is 14.4. The monoisotopic (exact) mass is 422 g/mol. The number of imidazole rings is 1. The summed E-state index contributed by atoms with van der Waals surface area (Å²) >= 11 is 1.49. The predicted molar refractivity (Wildman–Crippen MR) is 114 cm³/mol. The smallest absolute Gasteiger partial charge is 0.248 e. The summed E-state index contributed by atoms with van der Waals surface area (Å²) in [5.74, 6) is -1.33. The molecule has 150 valence electrons. The maximum atomic E-state index is 14.3. The van der Waals surface area contributed by atoms with Crippen molar-refractivity contribution in [1.29, 1.82) is 0 Å². The average molecular weight is 422 g/mol. The molecule has 0 fully saturated rings. The number of fused-ring (bicyclic) bond motifs is 2. The fourth-order valence-electron chi connectivity index (χ4n) is 3.77. The first-order valence-corrected chi connectivity index (χ1v) is 10.2. The van der Waals surface area contributed by atoms with Gasteiger partial charge in [0.15, 0.2) is 17.5 Å². The number of halogens is 2. The van der Waals surface area contributed by atoms with E-state index in [4.69, 9.17) is 4.98 Å². The van der Waals surface area contributed by atoms with E-state index in [1.807, 2.05) is 36.6 Å². The fraction of sp³-hybridized carbons (Fsp3) is 0.136. The third kappa shape index (κ3) is 2.83. The lowest BCUT2D eigenvalue weighted by atomic mass is 10.1. The summed E-state index contributed by atoms with van der Waals surface area (Å²) < 4.78 is 30.0. The first kappa shape index (κ1) is 18.6. The molecule has 0 aliphatic heterocycles. The van der Waals surface area contributed by atoms with E-state index in [2.05, 4.69) is 9.97 Å². The molecule has 30 heavy (non-hydrogen) atoms. The van der Waals surface area contributed by atoms with Crippen molar-refractivity contribution in [2.75, 3.05) is 0 Å². The summed E-state index contributed by atoms with van der Waals surface area (Å²) in [4.78, 5) is 24.7. The molecule has 0 spiro atoms. The molecule has 5 aromatic rings. The molecule has 0 aliphatic carbocycles. The van der Waals surface area contributed by atoms with Crippen LogP contribution in [0.3, 0.4) is 0 Å². The van der Waals surface area contributed by atoms with Crippen LogP contribution < -0.4 is 5.56 Å². The van der Waals surface area contributed by atoms with Crippen molar-refractivity contribution in [1.82, 2.24) is 19.5 Å². The average Bonchev–Trinajstić information content (AvgIpc) is 3.29. The number of rotatable bonds is 3. The highest BCUT2D eigenvalue weighted by Gasteiger charge is 2.19. The highest BCUT2D eigenvalue weighted by Crippen LogP contribution is 2.32. The maximum absolute atomic E-state index is 14.3. The number of hydrogen-bond acceptors (Lipinski definition) is 4. The largest absolute Gasteiger partial charge is 0.319 e. The zero-order valence-electron chi connectivity index (χ0n) is 16.2. The third-order valence-corrected chi connectivity index (χ3v) is 6.18. The zero-order valence-corrected chi connectivity index (χ0v) is 17.0. The molecule has 0 unspecified atom stereocenters.